The monoisotopic (exact) mass is 373 g/mol. The lowest BCUT2D eigenvalue weighted by Gasteiger charge is -2.30. The van der Waals surface area contributed by atoms with Gasteiger partial charge in [-0.2, -0.15) is 0 Å². The fourth-order valence-corrected chi connectivity index (χ4v) is 3.49. The summed E-state index contributed by atoms with van der Waals surface area (Å²) in [6, 6.07) is 7.85. The van der Waals surface area contributed by atoms with Gasteiger partial charge in [0.1, 0.15) is 0 Å². The average Bonchev–Trinajstić information content (AvgIpc) is 3.04. The Balaban J connectivity index is 1.65. The molecule has 0 saturated carbocycles. The maximum absolute atomic E-state index is 12.7. The number of piperidine rings is 1. The number of benzene rings is 1. The zero-order chi connectivity index (χ0) is 19.2. The van der Waals surface area contributed by atoms with Crippen molar-refractivity contribution in [1.29, 1.82) is 0 Å². The van der Waals surface area contributed by atoms with Crippen molar-refractivity contribution in [2.45, 2.75) is 26.3 Å². The van der Waals surface area contributed by atoms with Gasteiger partial charge < -0.3 is 24.3 Å². The number of carbonyl (C=O) groups excluding carboxylic acids is 2. The molecule has 1 fully saturated rings. The number of carbonyl (C=O) groups is 2. The van der Waals surface area contributed by atoms with Crippen molar-refractivity contribution < 1.29 is 19.1 Å². The highest BCUT2D eigenvalue weighted by atomic mass is 16.5. The van der Waals surface area contributed by atoms with Gasteiger partial charge in [-0.05, 0) is 25.8 Å². The van der Waals surface area contributed by atoms with Crippen LogP contribution in [0.3, 0.4) is 0 Å². The summed E-state index contributed by atoms with van der Waals surface area (Å²) >= 11 is 0. The lowest BCUT2D eigenvalue weighted by atomic mass is 9.97. The van der Waals surface area contributed by atoms with Crippen LogP contribution in [-0.4, -0.2) is 54.9 Å². The van der Waals surface area contributed by atoms with Crippen LogP contribution < -0.4 is 5.32 Å². The Morgan fingerprint density at radius 1 is 1.22 bits per heavy atom. The molecule has 7 nitrogen and oxygen atoms in total. The number of methoxy groups -OCH3 is 1. The molecule has 27 heavy (non-hydrogen) atoms. The van der Waals surface area contributed by atoms with Crippen LogP contribution in [0.1, 0.15) is 19.8 Å². The van der Waals surface area contributed by atoms with Gasteiger partial charge in [-0.15, -0.1) is 0 Å². The maximum Gasteiger partial charge on any atom is 0.321 e. The number of anilines is 1. The molecule has 3 rings (SSSR count). The van der Waals surface area contributed by atoms with Crippen LogP contribution in [0.5, 0.6) is 0 Å². The van der Waals surface area contributed by atoms with Crippen LogP contribution in [-0.2, 0) is 20.8 Å². The van der Waals surface area contributed by atoms with E-state index in [0.717, 1.165) is 23.1 Å². The number of aromatic nitrogens is 1. The van der Waals surface area contributed by atoms with Crippen LogP contribution in [0.2, 0.25) is 0 Å². The topological polar surface area (TPSA) is 72.8 Å². The molecule has 0 unspecified atom stereocenters. The van der Waals surface area contributed by atoms with E-state index in [4.69, 9.17) is 9.47 Å². The molecule has 146 valence electrons. The van der Waals surface area contributed by atoms with Crippen molar-refractivity contribution in [2.75, 3.05) is 38.7 Å². The van der Waals surface area contributed by atoms with E-state index in [9.17, 15) is 9.59 Å². The van der Waals surface area contributed by atoms with Gasteiger partial charge >= 0.3 is 12.0 Å². The minimum Gasteiger partial charge on any atom is -0.466 e. The number of esters is 1. The van der Waals surface area contributed by atoms with E-state index in [1.54, 1.807) is 12.0 Å². The molecule has 1 aliphatic rings. The van der Waals surface area contributed by atoms with Crippen molar-refractivity contribution in [2.24, 2.45) is 5.92 Å². The highest BCUT2D eigenvalue weighted by Crippen LogP contribution is 2.27. The van der Waals surface area contributed by atoms with Gasteiger partial charge in [0, 0.05) is 38.3 Å². The van der Waals surface area contributed by atoms with Crippen molar-refractivity contribution >= 4 is 28.6 Å². The summed E-state index contributed by atoms with van der Waals surface area (Å²) in [5.74, 6) is -0.260. The van der Waals surface area contributed by atoms with Gasteiger partial charge in [-0.25, -0.2) is 4.79 Å². The fourth-order valence-electron chi connectivity index (χ4n) is 3.49. The summed E-state index contributed by atoms with van der Waals surface area (Å²) in [6.45, 7) is 4.64. The molecular weight excluding hydrogens is 346 g/mol. The lowest BCUT2D eigenvalue weighted by molar-refractivity contribution is -0.149. The SMILES string of the molecule is CCOC(=O)C1CCN(C(=O)Nc2cn(CCOC)c3ccccc23)CC1. The van der Waals surface area contributed by atoms with E-state index in [-0.39, 0.29) is 17.9 Å². The van der Waals surface area contributed by atoms with E-state index in [1.165, 1.54) is 0 Å². The fraction of sp³-hybridized carbons (Fsp3) is 0.500. The number of nitrogens with zero attached hydrogens (tertiary/aromatic N) is 2. The van der Waals surface area contributed by atoms with Crippen LogP contribution in [0, 0.1) is 5.92 Å². The molecule has 1 N–H and O–H groups in total. The number of para-hydroxylation sites is 1. The van der Waals surface area contributed by atoms with Crippen LogP contribution in [0.4, 0.5) is 10.5 Å². The molecule has 1 aromatic heterocycles. The number of amides is 2. The summed E-state index contributed by atoms with van der Waals surface area (Å²) in [6.07, 6.45) is 3.23. The van der Waals surface area contributed by atoms with Crippen molar-refractivity contribution in [3.8, 4) is 0 Å². The predicted octanol–water partition coefficient (Wildman–Crippen LogP) is 3.09. The molecule has 1 saturated heterocycles. The molecule has 0 radical (unpaired) electrons. The van der Waals surface area contributed by atoms with Crippen molar-refractivity contribution in [3.05, 3.63) is 30.5 Å². The zero-order valence-corrected chi connectivity index (χ0v) is 15.9. The van der Waals surface area contributed by atoms with Gasteiger partial charge in [0.05, 0.1) is 30.3 Å². The second-order valence-corrected chi connectivity index (χ2v) is 6.69. The third-order valence-electron chi connectivity index (χ3n) is 4.97. The van der Waals surface area contributed by atoms with E-state index in [0.29, 0.717) is 39.1 Å². The Labute approximate surface area is 159 Å². The molecule has 1 aliphatic heterocycles. The second-order valence-electron chi connectivity index (χ2n) is 6.69. The molecule has 0 bridgehead atoms. The Morgan fingerprint density at radius 3 is 2.67 bits per heavy atom. The van der Waals surface area contributed by atoms with Gasteiger partial charge in [0.25, 0.3) is 0 Å². The third-order valence-corrected chi connectivity index (χ3v) is 4.97. The first-order valence-electron chi connectivity index (χ1n) is 9.43. The number of nitrogens with one attached hydrogen (secondary N) is 1. The number of rotatable bonds is 6. The number of ether oxygens (including phenoxy) is 2. The minimum atomic E-state index is -0.154. The zero-order valence-electron chi connectivity index (χ0n) is 15.9. The molecule has 1 aromatic carbocycles. The standard InChI is InChI=1S/C20H27N3O4/c1-3-27-19(24)15-8-10-22(11-9-15)20(25)21-17-14-23(12-13-26-2)18-7-5-4-6-16(17)18/h4-7,14-15H,3,8-13H2,1-2H3,(H,21,25). The lowest BCUT2D eigenvalue weighted by Crippen LogP contribution is -2.42. The highest BCUT2D eigenvalue weighted by molar-refractivity contribution is 6.01. The summed E-state index contributed by atoms with van der Waals surface area (Å²) in [5, 5.41) is 4.03. The Bertz CT molecular complexity index is 794. The molecule has 0 atom stereocenters. The van der Waals surface area contributed by atoms with E-state index < -0.39 is 0 Å². The first-order valence-corrected chi connectivity index (χ1v) is 9.43. The van der Waals surface area contributed by atoms with Crippen LogP contribution in [0.25, 0.3) is 10.9 Å². The highest BCUT2D eigenvalue weighted by Gasteiger charge is 2.28. The number of urea groups is 1. The number of hydrogen-bond donors (Lipinski definition) is 1. The van der Waals surface area contributed by atoms with Gasteiger partial charge in [-0.1, -0.05) is 18.2 Å². The first kappa shape index (κ1) is 19.2. The van der Waals surface area contributed by atoms with Gasteiger partial charge in [-0.3, -0.25) is 4.79 Å². The van der Waals surface area contributed by atoms with E-state index in [1.807, 2.05) is 37.4 Å². The van der Waals surface area contributed by atoms with E-state index in [2.05, 4.69) is 9.88 Å². The number of fused-ring (bicyclic) bond motifs is 1. The Morgan fingerprint density at radius 2 is 1.96 bits per heavy atom. The summed E-state index contributed by atoms with van der Waals surface area (Å²) in [7, 11) is 1.67. The van der Waals surface area contributed by atoms with Gasteiger partial charge in [0.2, 0.25) is 0 Å². The molecule has 2 heterocycles. The molecule has 2 aromatic rings. The third kappa shape index (κ3) is 4.42. The predicted molar refractivity (Wildman–Crippen MR) is 104 cm³/mol. The quantitative estimate of drug-likeness (QED) is 0.790. The smallest absolute Gasteiger partial charge is 0.321 e. The van der Waals surface area contributed by atoms with Crippen LogP contribution >= 0.6 is 0 Å². The van der Waals surface area contributed by atoms with Gasteiger partial charge in [0.15, 0.2) is 0 Å². The summed E-state index contributed by atoms with van der Waals surface area (Å²) < 4.78 is 12.3. The molecule has 0 aliphatic carbocycles. The van der Waals surface area contributed by atoms with E-state index >= 15 is 0 Å². The molecule has 2 amide bonds. The number of hydrogen-bond acceptors (Lipinski definition) is 4. The minimum absolute atomic E-state index is 0.107. The maximum atomic E-state index is 12.7. The van der Waals surface area contributed by atoms with Crippen molar-refractivity contribution in [3.63, 3.8) is 0 Å². The average molecular weight is 373 g/mol. The second kappa shape index (κ2) is 8.90. The molecule has 7 heteroatoms. The van der Waals surface area contributed by atoms with Crippen LogP contribution in [0.15, 0.2) is 30.5 Å². The normalized spacial score (nSPS) is 15.1. The number of likely N-dealkylation sites (tertiary alicyclic amines) is 1. The summed E-state index contributed by atoms with van der Waals surface area (Å²) in [5.41, 5.74) is 1.85. The molecule has 0 spiro atoms. The first-order chi connectivity index (χ1) is 13.1. The summed E-state index contributed by atoms with van der Waals surface area (Å²) in [4.78, 5) is 26.3. The molecular formula is C20H27N3O4. The van der Waals surface area contributed by atoms with Crippen molar-refractivity contribution in [1.82, 2.24) is 9.47 Å². The largest absolute Gasteiger partial charge is 0.466 e. The Hall–Kier alpha value is -2.54. The Kier molecular flexibility index (Phi) is 6.34.